The Labute approximate surface area is 148 Å². The topological polar surface area (TPSA) is 62.8 Å². The van der Waals surface area contributed by atoms with Crippen LogP contribution in [0, 0.1) is 0 Å². The lowest BCUT2D eigenvalue weighted by Crippen LogP contribution is -2.08. The molecule has 0 saturated heterocycles. The second-order valence-electron chi connectivity index (χ2n) is 5.20. The number of H-pyrrole nitrogens is 1. The van der Waals surface area contributed by atoms with Gasteiger partial charge < -0.3 is 0 Å². The normalized spacial score (nSPS) is 10.6. The van der Waals surface area contributed by atoms with E-state index < -0.39 is 0 Å². The summed E-state index contributed by atoms with van der Waals surface area (Å²) in [7, 11) is 0. The van der Waals surface area contributed by atoms with Gasteiger partial charge in [-0.25, -0.2) is 5.10 Å². The summed E-state index contributed by atoms with van der Waals surface area (Å²) in [5.74, 6) is -0.173. The van der Waals surface area contributed by atoms with Gasteiger partial charge in [-0.15, -0.1) is 0 Å². The van der Waals surface area contributed by atoms with Crippen molar-refractivity contribution in [2.75, 3.05) is 0 Å². The second-order valence-corrected chi connectivity index (χ2v) is 6.02. The molecule has 6 heteroatoms. The molecule has 3 aromatic rings. The molecule has 2 aromatic carbocycles. The molecule has 120 valence electrons. The summed E-state index contributed by atoms with van der Waals surface area (Å²) in [6, 6.07) is 15.0. The van der Waals surface area contributed by atoms with E-state index in [9.17, 15) is 9.59 Å². The van der Waals surface area contributed by atoms with Crippen LogP contribution in [0.4, 0.5) is 0 Å². The average Bonchev–Trinajstić information content (AvgIpc) is 2.59. The third-order valence-corrected chi connectivity index (χ3v) is 4.24. The van der Waals surface area contributed by atoms with E-state index in [4.69, 9.17) is 23.2 Å². The highest BCUT2D eigenvalue weighted by molar-refractivity contribution is 6.35. The third-order valence-electron chi connectivity index (χ3n) is 3.54. The van der Waals surface area contributed by atoms with E-state index >= 15 is 0 Å². The van der Waals surface area contributed by atoms with E-state index in [1.807, 2.05) is 6.07 Å². The summed E-state index contributed by atoms with van der Waals surface area (Å²) < 4.78 is 0. The molecule has 0 atom stereocenters. The van der Waals surface area contributed by atoms with Crippen molar-refractivity contribution >= 4 is 29.0 Å². The highest BCUT2D eigenvalue weighted by Crippen LogP contribution is 2.25. The Morgan fingerprint density at radius 3 is 2.42 bits per heavy atom. The summed E-state index contributed by atoms with van der Waals surface area (Å²) in [5.41, 5.74) is 2.08. The first-order valence-corrected chi connectivity index (χ1v) is 7.92. The molecule has 0 unspecified atom stereocenters. The SMILES string of the molecule is O=C(c1ccc(Cl)cc1)c1cccc(Cc2ccc(=O)[nH]n2)c1Cl. The first-order valence-electron chi connectivity index (χ1n) is 7.17. The van der Waals surface area contributed by atoms with Crippen molar-refractivity contribution < 1.29 is 4.79 Å². The van der Waals surface area contributed by atoms with Crippen LogP contribution >= 0.6 is 23.2 Å². The van der Waals surface area contributed by atoms with Crippen LogP contribution in [0.2, 0.25) is 10.0 Å². The Kier molecular flexibility index (Phi) is 4.79. The Morgan fingerprint density at radius 1 is 1.00 bits per heavy atom. The molecular formula is C18H12Cl2N2O2. The zero-order valence-corrected chi connectivity index (χ0v) is 13.9. The van der Waals surface area contributed by atoms with E-state index in [1.54, 1.807) is 42.5 Å². The molecule has 24 heavy (non-hydrogen) atoms. The number of nitrogens with zero attached hydrogens (tertiary/aromatic N) is 1. The van der Waals surface area contributed by atoms with Crippen LogP contribution < -0.4 is 5.56 Å². The van der Waals surface area contributed by atoms with Gasteiger partial charge in [0.25, 0.3) is 5.56 Å². The standard InChI is InChI=1S/C18H12Cl2N2O2/c19-13-6-4-11(5-7-13)18(24)15-3-1-2-12(17(15)20)10-14-8-9-16(23)22-21-14/h1-9H,10H2,(H,22,23). The minimum atomic E-state index is -0.267. The molecule has 3 rings (SSSR count). The highest BCUT2D eigenvalue weighted by atomic mass is 35.5. The summed E-state index contributed by atoms with van der Waals surface area (Å²) in [5, 5.41) is 7.29. The first kappa shape index (κ1) is 16.4. The minimum absolute atomic E-state index is 0.173. The molecule has 0 saturated carbocycles. The van der Waals surface area contributed by atoms with Crippen molar-refractivity contribution in [2.24, 2.45) is 0 Å². The van der Waals surface area contributed by atoms with Gasteiger partial charge in [0, 0.05) is 28.6 Å². The van der Waals surface area contributed by atoms with Gasteiger partial charge in [0.2, 0.25) is 0 Å². The van der Waals surface area contributed by atoms with Gasteiger partial charge in [0.05, 0.1) is 10.7 Å². The number of carbonyl (C=O) groups excluding carboxylic acids is 1. The Bertz CT molecular complexity index is 929. The number of aromatic nitrogens is 2. The fourth-order valence-electron chi connectivity index (χ4n) is 2.32. The maximum Gasteiger partial charge on any atom is 0.264 e. The van der Waals surface area contributed by atoms with Gasteiger partial charge in [-0.3, -0.25) is 9.59 Å². The van der Waals surface area contributed by atoms with Gasteiger partial charge in [0.1, 0.15) is 0 Å². The van der Waals surface area contributed by atoms with E-state index in [-0.39, 0.29) is 11.3 Å². The van der Waals surface area contributed by atoms with Crippen molar-refractivity contribution in [3.05, 3.63) is 97.4 Å². The number of hydrogen-bond donors (Lipinski definition) is 1. The largest absolute Gasteiger partial charge is 0.289 e. The van der Waals surface area contributed by atoms with Gasteiger partial charge in [-0.1, -0.05) is 35.3 Å². The fourth-order valence-corrected chi connectivity index (χ4v) is 2.72. The molecular weight excluding hydrogens is 347 g/mol. The molecule has 0 aliphatic carbocycles. The summed E-state index contributed by atoms with van der Waals surface area (Å²) in [6.45, 7) is 0. The lowest BCUT2D eigenvalue weighted by molar-refractivity contribution is 0.103. The molecule has 0 aliphatic heterocycles. The first-order chi connectivity index (χ1) is 11.5. The predicted octanol–water partition coefficient (Wildman–Crippen LogP) is 3.90. The molecule has 1 N–H and O–H groups in total. The molecule has 1 aromatic heterocycles. The molecule has 0 fully saturated rings. The second kappa shape index (κ2) is 6.99. The molecule has 0 radical (unpaired) electrons. The van der Waals surface area contributed by atoms with Crippen LogP contribution in [-0.2, 0) is 6.42 Å². The number of nitrogens with one attached hydrogen (secondary N) is 1. The number of carbonyl (C=O) groups is 1. The zero-order chi connectivity index (χ0) is 17.1. The van der Waals surface area contributed by atoms with Gasteiger partial charge in [-0.2, -0.15) is 5.10 Å². The van der Waals surface area contributed by atoms with Gasteiger partial charge in [0.15, 0.2) is 5.78 Å². The van der Waals surface area contributed by atoms with Crippen molar-refractivity contribution in [2.45, 2.75) is 6.42 Å². The summed E-state index contributed by atoms with van der Waals surface area (Å²) >= 11 is 12.3. The zero-order valence-electron chi connectivity index (χ0n) is 12.4. The maximum atomic E-state index is 12.6. The molecule has 0 spiro atoms. The van der Waals surface area contributed by atoms with Crippen molar-refractivity contribution in [1.82, 2.24) is 10.2 Å². The molecule has 1 heterocycles. The fraction of sp³-hybridized carbons (Fsp3) is 0.0556. The summed E-state index contributed by atoms with van der Waals surface area (Å²) in [6.07, 6.45) is 0.414. The number of ketones is 1. The number of hydrogen-bond acceptors (Lipinski definition) is 3. The smallest absolute Gasteiger partial charge is 0.264 e. The van der Waals surface area contributed by atoms with Crippen LogP contribution in [-0.4, -0.2) is 16.0 Å². The number of halogens is 2. The lowest BCUT2D eigenvalue weighted by atomic mass is 9.99. The van der Waals surface area contributed by atoms with Gasteiger partial charge >= 0.3 is 0 Å². The maximum absolute atomic E-state index is 12.6. The molecule has 0 bridgehead atoms. The van der Waals surface area contributed by atoms with Crippen molar-refractivity contribution in [3.8, 4) is 0 Å². The number of aromatic amines is 1. The molecule has 4 nitrogen and oxygen atoms in total. The Morgan fingerprint density at radius 2 is 1.75 bits per heavy atom. The van der Waals surface area contributed by atoms with Crippen LogP contribution in [0.25, 0.3) is 0 Å². The van der Waals surface area contributed by atoms with Crippen LogP contribution in [0.15, 0.2) is 59.4 Å². The quantitative estimate of drug-likeness (QED) is 0.719. The van der Waals surface area contributed by atoms with E-state index in [1.165, 1.54) is 6.07 Å². The predicted molar refractivity (Wildman–Crippen MR) is 94.0 cm³/mol. The average molecular weight is 359 g/mol. The summed E-state index contributed by atoms with van der Waals surface area (Å²) in [4.78, 5) is 23.7. The molecule has 0 amide bonds. The van der Waals surface area contributed by atoms with Crippen molar-refractivity contribution in [3.63, 3.8) is 0 Å². The van der Waals surface area contributed by atoms with Crippen LogP contribution in [0.1, 0.15) is 27.2 Å². The highest BCUT2D eigenvalue weighted by Gasteiger charge is 2.15. The van der Waals surface area contributed by atoms with Crippen LogP contribution in [0.3, 0.4) is 0 Å². The van der Waals surface area contributed by atoms with E-state index in [2.05, 4.69) is 10.2 Å². The number of benzene rings is 2. The third kappa shape index (κ3) is 3.55. The molecule has 0 aliphatic rings. The Balaban J connectivity index is 1.93. The van der Waals surface area contributed by atoms with Crippen molar-refractivity contribution in [1.29, 1.82) is 0 Å². The Hall–Kier alpha value is -2.43. The monoisotopic (exact) mass is 358 g/mol. The van der Waals surface area contributed by atoms with E-state index in [0.29, 0.717) is 33.3 Å². The number of rotatable bonds is 4. The van der Waals surface area contributed by atoms with E-state index in [0.717, 1.165) is 5.56 Å². The van der Waals surface area contributed by atoms with Crippen LogP contribution in [0.5, 0.6) is 0 Å². The lowest BCUT2D eigenvalue weighted by Gasteiger charge is -2.09. The minimum Gasteiger partial charge on any atom is -0.289 e. The van der Waals surface area contributed by atoms with Gasteiger partial charge in [-0.05, 0) is 42.0 Å².